The highest BCUT2D eigenvalue weighted by Crippen LogP contribution is 2.30. The first-order valence-electron chi connectivity index (χ1n) is 13.3. The second kappa shape index (κ2) is 14.4. The number of urea groups is 1. The minimum absolute atomic E-state index is 0.0662. The van der Waals surface area contributed by atoms with Gasteiger partial charge in [0, 0.05) is 17.1 Å². The van der Waals surface area contributed by atoms with Crippen molar-refractivity contribution in [3.8, 4) is 0 Å². The molecule has 4 rings (SSSR count). The molecule has 9 nitrogen and oxygen atoms in total. The smallest absolute Gasteiger partial charge is 0.330 e. The average Bonchev–Trinajstić information content (AvgIpc) is 3.36. The Labute approximate surface area is 258 Å². The molecule has 0 spiro atoms. The van der Waals surface area contributed by atoms with Crippen LogP contribution < -0.4 is 21.3 Å². The van der Waals surface area contributed by atoms with Crippen molar-refractivity contribution in [2.24, 2.45) is 0 Å². The Balaban J connectivity index is 1.39. The molecule has 0 bridgehead atoms. The summed E-state index contributed by atoms with van der Waals surface area (Å²) in [6, 6.07) is 15.6. The van der Waals surface area contributed by atoms with Crippen LogP contribution in [0, 0.1) is 0 Å². The summed E-state index contributed by atoms with van der Waals surface area (Å²) in [4.78, 5) is 51.1. The highest BCUT2D eigenvalue weighted by atomic mass is 35.5. The van der Waals surface area contributed by atoms with Crippen LogP contribution in [0.2, 0.25) is 15.1 Å². The Bertz CT molecular complexity index is 1480. The minimum atomic E-state index is -1.23. The molecule has 0 saturated heterocycles. The van der Waals surface area contributed by atoms with Crippen molar-refractivity contribution in [1.82, 2.24) is 21.3 Å². The first kappa shape index (κ1) is 31.2. The van der Waals surface area contributed by atoms with Gasteiger partial charge in [0.05, 0.1) is 34.8 Å². The number of hydrogen-bond acceptors (Lipinski definition) is 5. The second-order valence-corrected chi connectivity index (χ2v) is 10.8. The summed E-state index contributed by atoms with van der Waals surface area (Å²) in [6.07, 6.45) is 1.61. The van der Waals surface area contributed by atoms with E-state index in [1.165, 1.54) is 17.7 Å². The molecule has 0 fully saturated rings. The van der Waals surface area contributed by atoms with E-state index in [1.807, 2.05) is 30.3 Å². The fourth-order valence-electron chi connectivity index (χ4n) is 4.63. The lowest BCUT2D eigenvalue weighted by Crippen LogP contribution is -2.51. The lowest BCUT2D eigenvalue weighted by molar-refractivity contribution is -0.145. The SMILES string of the molecule is CCOC(=O)C(CNC(=O)NC1CCc2ccccc21)NC(=O)c1c(Cl)cc(C(=O)NCc2cccc(Cl)c2)cc1Cl. The Kier molecular flexibility index (Phi) is 10.7. The maximum atomic E-state index is 13.2. The van der Waals surface area contributed by atoms with E-state index in [-0.39, 0.29) is 46.9 Å². The zero-order chi connectivity index (χ0) is 30.2. The predicted molar refractivity (Wildman–Crippen MR) is 161 cm³/mol. The van der Waals surface area contributed by atoms with Gasteiger partial charge in [-0.3, -0.25) is 9.59 Å². The molecule has 1 aliphatic carbocycles. The monoisotopic (exact) mass is 630 g/mol. The molecule has 0 radical (unpaired) electrons. The van der Waals surface area contributed by atoms with Gasteiger partial charge in [-0.15, -0.1) is 0 Å². The van der Waals surface area contributed by atoms with E-state index >= 15 is 0 Å². The lowest BCUT2D eigenvalue weighted by atomic mass is 10.1. The van der Waals surface area contributed by atoms with Gasteiger partial charge in [0.2, 0.25) is 0 Å². The third-order valence-electron chi connectivity index (χ3n) is 6.65. The average molecular weight is 632 g/mol. The van der Waals surface area contributed by atoms with E-state index in [1.54, 1.807) is 25.1 Å². The third kappa shape index (κ3) is 7.94. The van der Waals surface area contributed by atoms with E-state index in [4.69, 9.17) is 39.5 Å². The van der Waals surface area contributed by atoms with Gasteiger partial charge in [0.15, 0.2) is 0 Å². The second-order valence-electron chi connectivity index (χ2n) is 9.55. The summed E-state index contributed by atoms with van der Waals surface area (Å²) in [5.41, 5.74) is 3.03. The zero-order valence-corrected chi connectivity index (χ0v) is 24.9. The van der Waals surface area contributed by atoms with Gasteiger partial charge in [0.1, 0.15) is 6.04 Å². The molecule has 0 saturated carbocycles. The van der Waals surface area contributed by atoms with Crippen LogP contribution in [-0.2, 0) is 22.5 Å². The standard InChI is InChI=1S/C30H29Cl3N4O5/c1-2-42-29(40)25(16-35-30(41)37-24-11-10-18-7-3-4-9-21(18)24)36-28(39)26-22(32)13-19(14-23(26)33)27(38)34-15-17-6-5-8-20(31)12-17/h3-9,12-14,24-25H,2,10-11,15-16H2,1H3,(H,34,38)(H,36,39)(H2,35,37,41). The topological polar surface area (TPSA) is 126 Å². The summed E-state index contributed by atoms with van der Waals surface area (Å²) < 4.78 is 5.08. The molecule has 0 heterocycles. The minimum Gasteiger partial charge on any atom is -0.464 e. The Hall–Kier alpha value is -3.79. The number of aryl methyl sites for hydroxylation is 1. The van der Waals surface area contributed by atoms with Gasteiger partial charge < -0.3 is 26.0 Å². The number of nitrogens with one attached hydrogen (secondary N) is 4. The molecule has 4 amide bonds. The van der Waals surface area contributed by atoms with Gasteiger partial charge in [-0.2, -0.15) is 0 Å². The largest absolute Gasteiger partial charge is 0.464 e. The first-order valence-corrected chi connectivity index (χ1v) is 14.4. The van der Waals surface area contributed by atoms with E-state index < -0.39 is 29.9 Å². The van der Waals surface area contributed by atoms with Gasteiger partial charge in [-0.05, 0) is 60.7 Å². The number of hydrogen-bond donors (Lipinski definition) is 4. The Morgan fingerprint density at radius 3 is 2.38 bits per heavy atom. The quantitative estimate of drug-likeness (QED) is 0.228. The van der Waals surface area contributed by atoms with Gasteiger partial charge in [-0.25, -0.2) is 9.59 Å². The molecular weight excluding hydrogens is 603 g/mol. The molecule has 3 aromatic carbocycles. The van der Waals surface area contributed by atoms with Crippen molar-refractivity contribution in [2.75, 3.05) is 13.2 Å². The summed E-state index contributed by atoms with van der Waals surface area (Å²) in [5.74, 6) is -1.99. The van der Waals surface area contributed by atoms with Crippen LogP contribution in [0.25, 0.3) is 0 Å². The summed E-state index contributed by atoms with van der Waals surface area (Å²) in [7, 11) is 0. The van der Waals surface area contributed by atoms with Crippen LogP contribution in [-0.4, -0.2) is 43.0 Å². The van der Waals surface area contributed by atoms with Crippen molar-refractivity contribution in [1.29, 1.82) is 0 Å². The first-order chi connectivity index (χ1) is 20.2. The fourth-order valence-corrected chi connectivity index (χ4v) is 5.50. The van der Waals surface area contributed by atoms with Crippen LogP contribution in [0.3, 0.4) is 0 Å². The van der Waals surface area contributed by atoms with E-state index in [2.05, 4.69) is 21.3 Å². The molecule has 2 unspecified atom stereocenters. The summed E-state index contributed by atoms with van der Waals surface area (Å²) in [5, 5.41) is 11.1. The molecule has 12 heteroatoms. The highest BCUT2D eigenvalue weighted by molar-refractivity contribution is 6.40. The van der Waals surface area contributed by atoms with Gasteiger partial charge in [-0.1, -0.05) is 71.2 Å². The number of halogens is 3. The van der Waals surface area contributed by atoms with Crippen molar-refractivity contribution < 1.29 is 23.9 Å². The van der Waals surface area contributed by atoms with Crippen molar-refractivity contribution in [3.05, 3.63) is 104 Å². The fraction of sp³-hybridized carbons (Fsp3) is 0.267. The van der Waals surface area contributed by atoms with Crippen LogP contribution in [0.5, 0.6) is 0 Å². The number of esters is 1. The summed E-state index contributed by atoms with van der Waals surface area (Å²) in [6.45, 7) is 1.66. The number of fused-ring (bicyclic) bond motifs is 1. The van der Waals surface area contributed by atoms with Gasteiger partial charge in [0.25, 0.3) is 11.8 Å². The predicted octanol–water partition coefficient (Wildman–Crippen LogP) is 5.23. The Morgan fingerprint density at radius 1 is 0.929 bits per heavy atom. The van der Waals surface area contributed by atoms with E-state index in [9.17, 15) is 19.2 Å². The lowest BCUT2D eigenvalue weighted by Gasteiger charge is -2.20. The maximum absolute atomic E-state index is 13.2. The number of benzene rings is 3. The molecule has 42 heavy (non-hydrogen) atoms. The molecule has 0 aromatic heterocycles. The molecule has 3 aromatic rings. The van der Waals surface area contributed by atoms with Crippen LogP contribution in [0.15, 0.2) is 60.7 Å². The van der Waals surface area contributed by atoms with Crippen molar-refractivity contribution >= 4 is 58.6 Å². The van der Waals surface area contributed by atoms with Crippen molar-refractivity contribution in [2.45, 2.75) is 38.4 Å². The van der Waals surface area contributed by atoms with Crippen molar-refractivity contribution in [3.63, 3.8) is 0 Å². The number of carbonyl (C=O) groups excluding carboxylic acids is 4. The van der Waals surface area contributed by atoms with E-state index in [0.29, 0.717) is 5.02 Å². The number of carbonyl (C=O) groups is 4. The maximum Gasteiger partial charge on any atom is 0.330 e. The molecule has 0 aliphatic heterocycles. The molecule has 220 valence electrons. The normalized spacial score (nSPS) is 14.3. The van der Waals surface area contributed by atoms with Crippen LogP contribution in [0.1, 0.15) is 56.8 Å². The molecule has 4 N–H and O–H groups in total. The van der Waals surface area contributed by atoms with Crippen LogP contribution >= 0.6 is 34.8 Å². The zero-order valence-electron chi connectivity index (χ0n) is 22.6. The van der Waals surface area contributed by atoms with E-state index in [0.717, 1.165) is 24.0 Å². The number of rotatable bonds is 10. The third-order valence-corrected chi connectivity index (χ3v) is 7.49. The molecule has 2 atom stereocenters. The molecule has 1 aliphatic rings. The summed E-state index contributed by atoms with van der Waals surface area (Å²) >= 11 is 18.7. The van der Waals surface area contributed by atoms with Crippen LogP contribution in [0.4, 0.5) is 4.79 Å². The number of amides is 4. The number of ether oxygens (including phenoxy) is 1. The van der Waals surface area contributed by atoms with Gasteiger partial charge >= 0.3 is 12.0 Å². The molecular formula is C30H29Cl3N4O5. The Morgan fingerprint density at radius 2 is 1.67 bits per heavy atom. The highest BCUT2D eigenvalue weighted by Gasteiger charge is 2.28.